The van der Waals surface area contributed by atoms with E-state index in [1.807, 2.05) is 36.1 Å². The number of hydrogen-bond donors (Lipinski definition) is 1. The van der Waals surface area contributed by atoms with E-state index in [0.29, 0.717) is 13.0 Å². The lowest BCUT2D eigenvalue weighted by Gasteiger charge is -2.21. The first-order chi connectivity index (χ1) is 11.3. The molecule has 2 aromatic rings. The molecule has 1 amide bonds. The Morgan fingerprint density at radius 3 is 2.13 bits per heavy atom. The lowest BCUT2D eigenvalue weighted by Crippen LogP contribution is -2.33. The van der Waals surface area contributed by atoms with Crippen LogP contribution in [0.3, 0.4) is 0 Å². The molecule has 0 aromatic heterocycles. The summed E-state index contributed by atoms with van der Waals surface area (Å²) < 4.78 is 0. The number of nitrogens with zero attached hydrogens (tertiary/aromatic N) is 1. The molecule has 0 unspecified atom stereocenters. The number of hydrogen-bond acceptors (Lipinski definition) is 2. The molecular weight excluding hydrogens is 284 g/mol. The zero-order valence-electron chi connectivity index (χ0n) is 13.9. The molecule has 23 heavy (non-hydrogen) atoms. The smallest absolute Gasteiger partial charge is 0.224 e. The summed E-state index contributed by atoms with van der Waals surface area (Å²) in [5.74, 6) is 0.212. The van der Waals surface area contributed by atoms with E-state index in [1.54, 1.807) is 0 Å². The van der Waals surface area contributed by atoms with Crippen LogP contribution in [0.4, 0.5) is 0 Å². The summed E-state index contributed by atoms with van der Waals surface area (Å²) in [5, 5.41) is 3.36. The van der Waals surface area contributed by atoms with Gasteiger partial charge >= 0.3 is 0 Å². The van der Waals surface area contributed by atoms with Crippen LogP contribution in [0.1, 0.15) is 24.5 Å². The minimum Gasteiger partial charge on any atom is -0.339 e. The van der Waals surface area contributed by atoms with Gasteiger partial charge in [0.15, 0.2) is 0 Å². The quantitative estimate of drug-likeness (QED) is 0.721. The Bertz CT molecular complexity index is 569. The van der Waals surface area contributed by atoms with Gasteiger partial charge in [-0.2, -0.15) is 0 Å². The fraction of sp³-hybridized carbons (Fsp3) is 0.350. The molecule has 122 valence electrons. The van der Waals surface area contributed by atoms with Crippen LogP contribution in [0.25, 0.3) is 0 Å². The second-order valence-electron chi connectivity index (χ2n) is 5.63. The Morgan fingerprint density at radius 2 is 1.52 bits per heavy atom. The molecule has 0 aliphatic heterocycles. The average Bonchev–Trinajstić information content (AvgIpc) is 2.61. The van der Waals surface area contributed by atoms with Gasteiger partial charge in [-0.3, -0.25) is 4.79 Å². The van der Waals surface area contributed by atoms with E-state index in [2.05, 4.69) is 41.7 Å². The SMILES string of the molecule is CCN(Cc1ccccc1)C(=O)CCNCCc1ccccc1. The summed E-state index contributed by atoms with van der Waals surface area (Å²) in [6.07, 6.45) is 1.55. The van der Waals surface area contributed by atoms with Crippen LogP contribution in [-0.2, 0) is 17.8 Å². The van der Waals surface area contributed by atoms with E-state index >= 15 is 0 Å². The van der Waals surface area contributed by atoms with Crippen LogP contribution < -0.4 is 5.32 Å². The normalized spacial score (nSPS) is 10.5. The second kappa shape index (κ2) is 9.80. The lowest BCUT2D eigenvalue weighted by molar-refractivity contribution is -0.131. The molecule has 0 saturated carbocycles. The topological polar surface area (TPSA) is 32.3 Å². The molecule has 0 fully saturated rings. The van der Waals surface area contributed by atoms with Gasteiger partial charge < -0.3 is 10.2 Å². The van der Waals surface area contributed by atoms with Gasteiger partial charge in [0.1, 0.15) is 0 Å². The van der Waals surface area contributed by atoms with Gasteiger partial charge in [-0.1, -0.05) is 60.7 Å². The van der Waals surface area contributed by atoms with Crippen molar-refractivity contribution in [3.05, 3.63) is 71.8 Å². The Morgan fingerprint density at radius 1 is 0.913 bits per heavy atom. The fourth-order valence-electron chi connectivity index (χ4n) is 2.54. The summed E-state index contributed by atoms with van der Waals surface area (Å²) in [5.41, 5.74) is 2.50. The molecule has 0 aliphatic rings. The predicted octanol–water partition coefficient (Wildman–Crippen LogP) is 3.26. The molecule has 2 aromatic carbocycles. The Hall–Kier alpha value is -2.13. The standard InChI is InChI=1S/C20H26N2O/c1-2-22(17-19-11-7-4-8-12-19)20(23)14-16-21-15-13-18-9-5-3-6-10-18/h3-12,21H,2,13-17H2,1H3. The van der Waals surface area contributed by atoms with Gasteiger partial charge in [-0.05, 0) is 31.0 Å². The van der Waals surface area contributed by atoms with Gasteiger partial charge in [0, 0.05) is 26.1 Å². The van der Waals surface area contributed by atoms with Crippen molar-refractivity contribution in [1.82, 2.24) is 10.2 Å². The molecule has 0 heterocycles. The van der Waals surface area contributed by atoms with Crippen molar-refractivity contribution in [3.63, 3.8) is 0 Å². The molecule has 2 rings (SSSR count). The number of rotatable bonds is 9. The minimum absolute atomic E-state index is 0.212. The minimum atomic E-state index is 0.212. The molecule has 0 atom stereocenters. The van der Waals surface area contributed by atoms with Crippen LogP contribution in [0, 0.1) is 0 Å². The summed E-state index contributed by atoms with van der Waals surface area (Å²) in [7, 11) is 0. The van der Waals surface area contributed by atoms with Crippen LogP contribution in [0.15, 0.2) is 60.7 Å². The number of amides is 1. The van der Waals surface area contributed by atoms with E-state index in [1.165, 1.54) is 11.1 Å². The maximum Gasteiger partial charge on any atom is 0.224 e. The van der Waals surface area contributed by atoms with Crippen molar-refractivity contribution in [2.24, 2.45) is 0 Å². The van der Waals surface area contributed by atoms with Gasteiger partial charge in [0.05, 0.1) is 0 Å². The lowest BCUT2D eigenvalue weighted by atomic mass is 10.1. The van der Waals surface area contributed by atoms with E-state index in [0.717, 1.165) is 26.1 Å². The summed E-state index contributed by atoms with van der Waals surface area (Å²) in [6, 6.07) is 20.6. The third-order valence-electron chi connectivity index (χ3n) is 3.90. The fourth-order valence-corrected chi connectivity index (χ4v) is 2.54. The predicted molar refractivity (Wildman–Crippen MR) is 95.2 cm³/mol. The highest BCUT2D eigenvalue weighted by molar-refractivity contribution is 5.76. The molecule has 1 N–H and O–H groups in total. The Kier molecular flexibility index (Phi) is 7.34. The van der Waals surface area contributed by atoms with Crippen LogP contribution >= 0.6 is 0 Å². The van der Waals surface area contributed by atoms with Crippen molar-refractivity contribution in [2.75, 3.05) is 19.6 Å². The Balaban J connectivity index is 1.66. The summed E-state index contributed by atoms with van der Waals surface area (Å²) in [6.45, 7) is 5.11. The van der Waals surface area contributed by atoms with E-state index in [4.69, 9.17) is 0 Å². The maximum atomic E-state index is 12.3. The highest BCUT2D eigenvalue weighted by Crippen LogP contribution is 2.05. The number of carbonyl (C=O) groups is 1. The Labute approximate surface area is 139 Å². The van der Waals surface area contributed by atoms with Gasteiger partial charge in [-0.25, -0.2) is 0 Å². The highest BCUT2D eigenvalue weighted by atomic mass is 16.2. The average molecular weight is 310 g/mol. The van der Waals surface area contributed by atoms with Crippen molar-refractivity contribution in [2.45, 2.75) is 26.3 Å². The number of benzene rings is 2. The molecule has 0 bridgehead atoms. The third-order valence-corrected chi connectivity index (χ3v) is 3.90. The highest BCUT2D eigenvalue weighted by Gasteiger charge is 2.11. The molecule has 0 radical (unpaired) electrons. The molecule has 0 saturated heterocycles. The molecule has 0 aliphatic carbocycles. The van der Waals surface area contributed by atoms with Crippen molar-refractivity contribution < 1.29 is 4.79 Å². The zero-order valence-corrected chi connectivity index (χ0v) is 13.9. The molecule has 0 spiro atoms. The van der Waals surface area contributed by atoms with Crippen LogP contribution in [0.2, 0.25) is 0 Å². The van der Waals surface area contributed by atoms with E-state index in [-0.39, 0.29) is 5.91 Å². The van der Waals surface area contributed by atoms with Crippen LogP contribution in [-0.4, -0.2) is 30.4 Å². The third kappa shape index (κ3) is 6.25. The summed E-state index contributed by atoms with van der Waals surface area (Å²) >= 11 is 0. The van der Waals surface area contributed by atoms with Crippen molar-refractivity contribution >= 4 is 5.91 Å². The first-order valence-corrected chi connectivity index (χ1v) is 8.36. The van der Waals surface area contributed by atoms with Gasteiger partial charge in [-0.15, -0.1) is 0 Å². The molecule has 3 heteroatoms. The van der Waals surface area contributed by atoms with Crippen molar-refractivity contribution in [3.8, 4) is 0 Å². The monoisotopic (exact) mass is 310 g/mol. The van der Waals surface area contributed by atoms with Gasteiger partial charge in [0.25, 0.3) is 0 Å². The first-order valence-electron chi connectivity index (χ1n) is 8.36. The van der Waals surface area contributed by atoms with E-state index in [9.17, 15) is 4.79 Å². The number of carbonyl (C=O) groups excluding carboxylic acids is 1. The second-order valence-corrected chi connectivity index (χ2v) is 5.63. The van der Waals surface area contributed by atoms with Crippen molar-refractivity contribution in [1.29, 1.82) is 0 Å². The first kappa shape index (κ1) is 17.2. The van der Waals surface area contributed by atoms with Gasteiger partial charge in [0.2, 0.25) is 5.91 Å². The molecular formula is C20H26N2O. The molecule has 3 nitrogen and oxygen atoms in total. The number of nitrogens with one attached hydrogen (secondary N) is 1. The zero-order chi connectivity index (χ0) is 16.3. The largest absolute Gasteiger partial charge is 0.339 e. The maximum absolute atomic E-state index is 12.3. The van der Waals surface area contributed by atoms with E-state index < -0.39 is 0 Å². The summed E-state index contributed by atoms with van der Waals surface area (Å²) in [4.78, 5) is 14.2. The van der Waals surface area contributed by atoms with Crippen LogP contribution in [0.5, 0.6) is 0 Å².